The van der Waals surface area contributed by atoms with Crippen LogP contribution < -0.4 is 0 Å². The summed E-state index contributed by atoms with van der Waals surface area (Å²) >= 11 is 0. The minimum atomic E-state index is -0.445. The van der Waals surface area contributed by atoms with Crippen LogP contribution in [0.25, 0.3) is 0 Å². The van der Waals surface area contributed by atoms with E-state index in [2.05, 4.69) is 36.0 Å². The van der Waals surface area contributed by atoms with Crippen molar-refractivity contribution in [3.8, 4) is 0 Å². The van der Waals surface area contributed by atoms with E-state index < -0.39 is 12.2 Å². The van der Waals surface area contributed by atoms with E-state index in [1.165, 1.54) is 32.8 Å². The fourth-order valence-electron chi connectivity index (χ4n) is 3.49. The number of carbonyl (C=O) groups excluding carboxylic acids is 1. The van der Waals surface area contributed by atoms with Crippen molar-refractivity contribution >= 4 is 5.97 Å². The quantitative estimate of drug-likeness (QED) is 0.314. The predicted octanol–water partition coefficient (Wildman–Crippen LogP) is 4.16. The van der Waals surface area contributed by atoms with Gasteiger partial charge in [-0.25, -0.2) is 0 Å². The molecule has 4 atom stereocenters. The van der Waals surface area contributed by atoms with Gasteiger partial charge in [-0.1, -0.05) is 50.5 Å². The number of unbranched alkanes of at least 4 members (excludes halogenated alkanes) is 5. The molecule has 0 heterocycles. The number of hydrogen-bond donors (Lipinski definition) is 2. The second-order valence-electron chi connectivity index (χ2n) is 7.06. The van der Waals surface area contributed by atoms with Crippen LogP contribution in [0.2, 0.25) is 0 Å². The molecular weight excluding hydrogens is 316 g/mol. The molecule has 0 spiro atoms. The highest BCUT2D eigenvalue weighted by Crippen LogP contribution is 2.36. The van der Waals surface area contributed by atoms with Crippen LogP contribution in [0.15, 0.2) is 24.3 Å². The molecule has 0 bridgehead atoms. The molecule has 4 nitrogen and oxygen atoms in total. The number of ether oxygens (including phenoxy) is 1. The van der Waals surface area contributed by atoms with E-state index in [-0.39, 0.29) is 17.8 Å². The third kappa shape index (κ3) is 8.68. The van der Waals surface area contributed by atoms with E-state index in [9.17, 15) is 15.0 Å². The van der Waals surface area contributed by atoms with Crippen LogP contribution in [-0.2, 0) is 9.53 Å². The number of carbonyl (C=O) groups is 1. The van der Waals surface area contributed by atoms with Gasteiger partial charge in [0.05, 0.1) is 19.3 Å². The third-order valence-corrected chi connectivity index (χ3v) is 5.05. The number of aliphatic hydroxyl groups excluding tert-OH is 2. The van der Waals surface area contributed by atoms with Crippen LogP contribution >= 0.6 is 0 Å². The van der Waals surface area contributed by atoms with Crippen molar-refractivity contribution in [2.45, 2.75) is 83.3 Å². The van der Waals surface area contributed by atoms with Gasteiger partial charge in [0.15, 0.2) is 0 Å². The molecule has 144 valence electrons. The average Bonchev–Trinajstić information content (AvgIpc) is 2.87. The molecule has 0 radical (unpaired) electrons. The molecule has 1 saturated carbocycles. The summed E-state index contributed by atoms with van der Waals surface area (Å²) in [4.78, 5) is 11.0. The SMILES string of the molecule is CCCCCC/C=C\[C@@H]1[C@@H](C/C=C\CCCC(=O)OC)[C@@H](O)C[C@H]1O. The van der Waals surface area contributed by atoms with E-state index in [4.69, 9.17) is 0 Å². The summed E-state index contributed by atoms with van der Waals surface area (Å²) in [6.07, 6.45) is 16.8. The van der Waals surface area contributed by atoms with Gasteiger partial charge in [0.2, 0.25) is 0 Å². The summed E-state index contributed by atoms with van der Waals surface area (Å²) in [5, 5.41) is 20.4. The number of hydrogen-bond acceptors (Lipinski definition) is 4. The number of allylic oxidation sites excluding steroid dienone is 3. The lowest BCUT2D eigenvalue weighted by atomic mass is 9.89. The minimum absolute atomic E-state index is 0.0425. The van der Waals surface area contributed by atoms with Gasteiger partial charge in [-0.15, -0.1) is 0 Å². The standard InChI is InChI=1S/C21H36O4/c1-3-4-5-6-7-10-13-17-18(20(23)16-19(17)22)14-11-8-9-12-15-21(24)25-2/h8,10-11,13,17-20,22-23H,3-7,9,12,14-16H2,1-2H3/b11-8-,13-10-/t17-,18-,19-,20+/m1/s1. The van der Waals surface area contributed by atoms with Gasteiger partial charge < -0.3 is 14.9 Å². The van der Waals surface area contributed by atoms with Crippen LogP contribution in [0, 0.1) is 11.8 Å². The Bertz CT molecular complexity index is 416. The molecule has 0 aromatic carbocycles. The summed E-state index contributed by atoms with van der Waals surface area (Å²) in [7, 11) is 1.41. The molecule has 1 rings (SSSR count). The maximum Gasteiger partial charge on any atom is 0.305 e. The van der Waals surface area contributed by atoms with E-state index >= 15 is 0 Å². The first kappa shape index (κ1) is 21.9. The Morgan fingerprint density at radius 3 is 2.52 bits per heavy atom. The van der Waals surface area contributed by atoms with E-state index in [1.54, 1.807) is 0 Å². The molecular formula is C21H36O4. The first-order valence-corrected chi connectivity index (χ1v) is 9.84. The zero-order valence-corrected chi connectivity index (χ0v) is 15.9. The normalized spacial score (nSPS) is 26.7. The lowest BCUT2D eigenvalue weighted by molar-refractivity contribution is -0.140. The highest BCUT2D eigenvalue weighted by atomic mass is 16.5. The third-order valence-electron chi connectivity index (χ3n) is 5.05. The Morgan fingerprint density at radius 1 is 1.04 bits per heavy atom. The summed E-state index contributed by atoms with van der Waals surface area (Å²) in [5.74, 6) is -0.0495. The van der Waals surface area contributed by atoms with Crippen LogP contribution in [0.3, 0.4) is 0 Å². The van der Waals surface area contributed by atoms with Crippen LogP contribution in [0.5, 0.6) is 0 Å². The molecule has 0 saturated heterocycles. The molecule has 0 unspecified atom stereocenters. The number of rotatable bonds is 12. The van der Waals surface area contributed by atoms with Gasteiger partial charge in [0.25, 0.3) is 0 Å². The predicted molar refractivity (Wildman–Crippen MR) is 101 cm³/mol. The molecule has 4 heteroatoms. The van der Waals surface area contributed by atoms with Crippen molar-refractivity contribution < 1.29 is 19.7 Å². The highest BCUT2D eigenvalue weighted by molar-refractivity contribution is 5.69. The highest BCUT2D eigenvalue weighted by Gasteiger charge is 2.39. The van der Waals surface area contributed by atoms with E-state index in [0.717, 1.165) is 25.7 Å². The molecule has 2 N–H and O–H groups in total. The average molecular weight is 353 g/mol. The molecule has 1 aliphatic carbocycles. The topological polar surface area (TPSA) is 66.8 Å². The molecule has 1 fully saturated rings. The maximum atomic E-state index is 11.0. The Labute approximate surface area is 153 Å². The van der Waals surface area contributed by atoms with Gasteiger partial charge in [-0.05, 0) is 38.0 Å². The van der Waals surface area contributed by atoms with Crippen LogP contribution in [0.4, 0.5) is 0 Å². The fraction of sp³-hybridized carbons (Fsp3) is 0.762. The zero-order valence-electron chi connectivity index (χ0n) is 15.9. The number of esters is 1. The fourth-order valence-corrected chi connectivity index (χ4v) is 3.49. The van der Waals surface area contributed by atoms with Gasteiger partial charge in [0, 0.05) is 18.8 Å². The zero-order chi connectivity index (χ0) is 18.5. The summed E-state index contributed by atoms with van der Waals surface area (Å²) < 4.78 is 4.61. The van der Waals surface area contributed by atoms with Crippen molar-refractivity contribution in [1.29, 1.82) is 0 Å². The van der Waals surface area contributed by atoms with Crippen LogP contribution in [0.1, 0.15) is 71.1 Å². The monoisotopic (exact) mass is 352 g/mol. The smallest absolute Gasteiger partial charge is 0.305 e. The first-order valence-electron chi connectivity index (χ1n) is 9.84. The number of aliphatic hydroxyl groups is 2. The second-order valence-corrected chi connectivity index (χ2v) is 7.06. The van der Waals surface area contributed by atoms with Crippen molar-refractivity contribution in [2.75, 3.05) is 7.11 Å². The Balaban J connectivity index is 2.35. The molecule has 0 aromatic heterocycles. The molecule has 0 aromatic rings. The Morgan fingerprint density at radius 2 is 1.80 bits per heavy atom. The Hall–Kier alpha value is -1.13. The first-order chi connectivity index (χ1) is 12.1. The number of methoxy groups -OCH3 is 1. The van der Waals surface area contributed by atoms with Gasteiger partial charge in [-0.2, -0.15) is 0 Å². The lowest BCUT2D eigenvalue weighted by Crippen LogP contribution is -2.19. The summed E-state index contributed by atoms with van der Waals surface area (Å²) in [6.45, 7) is 2.21. The van der Waals surface area contributed by atoms with E-state index in [1.807, 2.05) is 0 Å². The van der Waals surface area contributed by atoms with Gasteiger partial charge in [0.1, 0.15) is 0 Å². The summed E-state index contributed by atoms with van der Waals surface area (Å²) in [5.41, 5.74) is 0. The molecule has 0 amide bonds. The van der Waals surface area contributed by atoms with Crippen molar-refractivity contribution in [2.24, 2.45) is 11.8 Å². The summed E-state index contributed by atoms with van der Waals surface area (Å²) in [6, 6.07) is 0. The van der Waals surface area contributed by atoms with Gasteiger partial charge in [-0.3, -0.25) is 4.79 Å². The molecule has 0 aliphatic heterocycles. The largest absolute Gasteiger partial charge is 0.469 e. The molecule has 1 aliphatic rings. The lowest BCUT2D eigenvalue weighted by Gasteiger charge is -2.19. The minimum Gasteiger partial charge on any atom is -0.469 e. The van der Waals surface area contributed by atoms with Crippen molar-refractivity contribution in [3.63, 3.8) is 0 Å². The van der Waals surface area contributed by atoms with Crippen molar-refractivity contribution in [3.05, 3.63) is 24.3 Å². The van der Waals surface area contributed by atoms with Crippen molar-refractivity contribution in [1.82, 2.24) is 0 Å². The maximum absolute atomic E-state index is 11.0. The van der Waals surface area contributed by atoms with E-state index in [0.29, 0.717) is 12.8 Å². The second kappa shape index (κ2) is 13.1. The van der Waals surface area contributed by atoms with Gasteiger partial charge >= 0.3 is 5.97 Å². The Kier molecular flexibility index (Phi) is 11.5. The van der Waals surface area contributed by atoms with Crippen LogP contribution in [-0.4, -0.2) is 35.5 Å². The molecule has 25 heavy (non-hydrogen) atoms.